The maximum atomic E-state index is 12.2. The van der Waals surface area contributed by atoms with Crippen molar-refractivity contribution in [1.82, 2.24) is 10.6 Å². The van der Waals surface area contributed by atoms with Gasteiger partial charge >= 0.3 is 6.03 Å². The van der Waals surface area contributed by atoms with Crippen LogP contribution in [-0.4, -0.2) is 30.6 Å². The van der Waals surface area contributed by atoms with Crippen molar-refractivity contribution in [3.05, 3.63) is 57.5 Å². The molecule has 1 aliphatic carbocycles. The van der Waals surface area contributed by atoms with Gasteiger partial charge in [-0.1, -0.05) is 34.8 Å². The van der Waals surface area contributed by atoms with Gasteiger partial charge in [0.05, 0.1) is 10.0 Å². The van der Waals surface area contributed by atoms with Crippen LogP contribution in [0.4, 0.5) is 10.5 Å². The number of benzene rings is 2. The van der Waals surface area contributed by atoms with Crippen LogP contribution in [0.5, 0.6) is 5.75 Å². The number of nitrogens with one attached hydrogen (secondary N) is 3. The van der Waals surface area contributed by atoms with Crippen molar-refractivity contribution in [3.8, 4) is 5.75 Å². The van der Waals surface area contributed by atoms with Crippen LogP contribution in [0.25, 0.3) is 0 Å². The van der Waals surface area contributed by atoms with E-state index in [4.69, 9.17) is 39.5 Å². The molecule has 160 valence electrons. The van der Waals surface area contributed by atoms with Crippen LogP contribution in [0.15, 0.2) is 42.5 Å². The molecule has 1 fully saturated rings. The molecule has 9 heteroatoms. The predicted molar refractivity (Wildman–Crippen MR) is 120 cm³/mol. The van der Waals surface area contributed by atoms with E-state index in [-0.39, 0.29) is 24.1 Å². The first-order chi connectivity index (χ1) is 14.3. The smallest absolute Gasteiger partial charge is 0.319 e. The Bertz CT molecular complexity index is 902. The lowest BCUT2D eigenvalue weighted by molar-refractivity contribution is -0.124. The maximum Gasteiger partial charge on any atom is 0.319 e. The third-order valence-electron chi connectivity index (χ3n) is 4.74. The molecule has 2 aromatic carbocycles. The van der Waals surface area contributed by atoms with Gasteiger partial charge in [0.25, 0.3) is 5.91 Å². The highest BCUT2D eigenvalue weighted by atomic mass is 35.5. The second-order valence-electron chi connectivity index (χ2n) is 7.18. The van der Waals surface area contributed by atoms with E-state index in [2.05, 4.69) is 16.0 Å². The Morgan fingerprint density at radius 1 is 1.00 bits per heavy atom. The third-order valence-corrected chi connectivity index (χ3v) is 5.73. The largest absolute Gasteiger partial charge is 0.484 e. The summed E-state index contributed by atoms with van der Waals surface area (Å²) in [5, 5.41) is 9.96. The number of amides is 3. The number of urea groups is 1. The minimum Gasteiger partial charge on any atom is -0.484 e. The van der Waals surface area contributed by atoms with Gasteiger partial charge < -0.3 is 20.7 Å². The van der Waals surface area contributed by atoms with Crippen molar-refractivity contribution in [1.29, 1.82) is 0 Å². The van der Waals surface area contributed by atoms with Crippen molar-refractivity contribution < 1.29 is 14.3 Å². The minimum absolute atomic E-state index is 0.0479. The zero-order valence-electron chi connectivity index (χ0n) is 16.1. The van der Waals surface area contributed by atoms with Gasteiger partial charge in [-0.15, -0.1) is 0 Å². The van der Waals surface area contributed by atoms with Gasteiger partial charge in [-0.05, 0) is 68.1 Å². The molecule has 0 atom stereocenters. The lowest BCUT2D eigenvalue weighted by Crippen LogP contribution is -2.40. The molecule has 0 heterocycles. The fourth-order valence-electron chi connectivity index (χ4n) is 2.98. The molecule has 0 aliphatic heterocycles. The molecule has 0 bridgehead atoms. The van der Waals surface area contributed by atoms with Gasteiger partial charge in [0.15, 0.2) is 6.61 Å². The Balaban J connectivity index is 1.33. The Labute approximate surface area is 190 Å². The number of anilines is 1. The zero-order valence-corrected chi connectivity index (χ0v) is 18.4. The summed E-state index contributed by atoms with van der Waals surface area (Å²) in [6.45, 7) is 0.444. The molecule has 6 nitrogen and oxygen atoms in total. The lowest BCUT2D eigenvalue weighted by atomic mass is 10.1. The second kappa shape index (κ2) is 10.2. The van der Waals surface area contributed by atoms with E-state index in [9.17, 15) is 9.59 Å². The topological polar surface area (TPSA) is 79.5 Å². The normalized spacial score (nSPS) is 14.0. The molecule has 30 heavy (non-hydrogen) atoms. The molecule has 3 N–H and O–H groups in total. The third kappa shape index (κ3) is 6.97. The van der Waals surface area contributed by atoms with E-state index in [0.29, 0.717) is 33.0 Å². The molecular formula is C21H22Cl3N3O3. The Hall–Kier alpha value is -2.15. The highest BCUT2D eigenvalue weighted by molar-refractivity contribution is 6.42. The van der Waals surface area contributed by atoms with E-state index in [0.717, 1.165) is 25.7 Å². The maximum absolute atomic E-state index is 12.2. The summed E-state index contributed by atoms with van der Waals surface area (Å²) in [4.78, 5) is 24.1. The number of ether oxygens (including phenoxy) is 1. The molecule has 3 amide bonds. The molecule has 0 saturated heterocycles. The number of rotatable bonds is 9. The summed E-state index contributed by atoms with van der Waals surface area (Å²) in [6.07, 6.45) is 3.38. The van der Waals surface area contributed by atoms with Crippen molar-refractivity contribution in [2.75, 3.05) is 18.5 Å². The Morgan fingerprint density at radius 3 is 2.40 bits per heavy atom. The number of halogens is 3. The quantitative estimate of drug-likeness (QED) is 0.436. The number of carbonyl (C=O) groups excluding carboxylic acids is 2. The van der Waals surface area contributed by atoms with Crippen LogP contribution < -0.4 is 20.7 Å². The summed E-state index contributed by atoms with van der Waals surface area (Å²) >= 11 is 17.6. The van der Waals surface area contributed by atoms with Gasteiger partial charge in [0.1, 0.15) is 5.75 Å². The van der Waals surface area contributed by atoms with Crippen LogP contribution in [0.3, 0.4) is 0 Å². The average molecular weight is 471 g/mol. The van der Waals surface area contributed by atoms with Crippen LogP contribution in [0, 0.1) is 0 Å². The molecular weight excluding hydrogens is 449 g/mol. The van der Waals surface area contributed by atoms with Crippen LogP contribution >= 0.6 is 34.8 Å². The fourth-order valence-corrected chi connectivity index (χ4v) is 3.40. The first-order valence-electron chi connectivity index (χ1n) is 9.55. The van der Waals surface area contributed by atoms with E-state index >= 15 is 0 Å². The number of hydrogen-bond donors (Lipinski definition) is 3. The van der Waals surface area contributed by atoms with Crippen molar-refractivity contribution in [3.63, 3.8) is 0 Å². The standard InChI is InChI=1S/C21H22Cl3N3O3/c22-14-2-5-16(6-3-14)30-13-19(28)27-21(9-10-21)8-1-11-25-20(29)26-15-4-7-17(23)18(24)12-15/h2-7,12H,1,8-11,13H2,(H,27,28)(H2,25,26,29). The molecule has 3 rings (SSSR count). The fraction of sp³-hybridized carbons (Fsp3) is 0.333. The summed E-state index contributed by atoms with van der Waals surface area (Å²) < 4.78 is 5.47. The number of carbonyl (C=O) groups is 2. The molecule has 0 radical (unpaired) electrons. The summed E-state index contributed by atoms with van der Waals surface area (Å²) in [5.41, 5.74) is 0.371. The van der Waals surface area contributed by atoms with E-state index < -0.39 is 0 Å². The van der Waals surface area contributed by atoms with Crippen LogP contribution in [-0.2, 0) is 4.79 Å². The van der Waals surface area contributed by atoms with Crippen molar-refractivity contribution in [2.45, 2.75) is 31.2 Å². The van der Waals surface area contributed by atoms with E-state index in [1.807, 2.05) is 0 Å². The molecule has 0 unspecified atom stereocenters. The Morgan fingerprint density at radius 2 is 1.73 bits per heavy atom. The first-order valence-corrected chi connectivity index (χ1v) is 10.7. The van der Waals surface area contributed by atoms with E-state index in [1.165, 1.54) is 0 Å². The molecule has 1 aliphatic rings. The average Bonchev–Trinajstić information content (AvgIpc) is 3.47. The molecule has 1 saturated carbocycles. The molecule has 0 aromatic heterocycles. The van der Waals surface area contributed by atoms with Gasteiger partial charge in [-0.2, -0.15) is 0 Å². The van der Waals surface area contributed by atoms with Crippen LogP contribution in [0.2, 0.25) is 15.1 Å². The summed E-state index contributed by atoms with van der Waals surface area (Å²) in [5.74, 6) is 0.435. The van der Waals surface area contributed by atoms with Crippen molar-refractivity contribution >= 4 is 52.4 Å². The van der Waals surface area contributed by atoms with Gasteiger partial charge in [0.2, 0.25) is 0 Å². The monoisotopic (exact) mass is 469 g/mol. The lowest BCUT2D eigenvalue weighted by Gasteiger charge is -2.18. The minimum atomic E-state index is -0.321. The van der Waals surface area contributed by atoms with Crippen LogP contribution in [0.1, 0.15) is 25.7 Å². The highest BCUT2D eigenvalue weighted by Crippen LogP contribution is 2.39. The summed E-state index contributed by atoms with van der Waals surface area (Å²) in [6, 6.07) is 11.4. The first kappa shape index (κ1) is 22.5. The van der Waals surface area contributed by atoms with Gasteiger partial charge in [0, 0.05) is 22.8 Å². The van der Waals surface area contributed by atoms with Gasteiger partial charge in [-0.25, -0.2) is 4.79 Å². The summed E-state index contributed by atoms with van der Waals surface area (Å²) in [7, 11) is 0. The van der Waals surface area contributed by atoms with E-state index in [1.54, 1.807) is 42.5 Å². The molecule has 0 spiro atoms. The predicted octanol–water partition coefficient (Wildman–Crippen LogP) is 5.28. The zero-order chi connectivity index (χ0) is 21.6. The van der Waals surface area contributed by atoms with Gasteiger partial charge in [-0.3, -0.25) is 4.79 Å². The SMILES string of the molecule is O=C(COc1ccc(Cl)cc1)NC1(CCCNC(=O)Nc2ccc(Cl)c(Cl)c2)CC1. The number of hydrogen-bond acceptors (Lipinski definition) is 3. The second-order valence-corrected chi connectivity index (χ2v) is 8.44. The van der Waals surface area contributed by atoms with Crippen molar-refractivity contribution in [2.24, 2.45) is 0 Å². The highest BCUT2D eigenvalue weighted by Gasteiger charge is 2.43. The Kier molecular flexibility index (Phi) is 7.69. The molecule has 2 aromatic rings.